The van der Waals surface area contributed by atoms with E-state index in [4.69, 9.17) is 4.43 Å². The molecule has 3 saturated carbocycles. The molecule has 0 aromatic heterocycles. The molecule has 0 amide bonds. The summed E-state index contributed by atoms with van der Waals surface area (Å²) in [5, 5.41) is 24.1. The summed E-state index contributed by atoms with van der Waals surface area (Å²) in [6.07, 6.45) is 5.52. The van der Waals surface area contributed by atoms with E-state index in [9.17, 15) is 15.0 Å². The van der Waals surface area contributed by atoms with Crippen LogP contribution in [0.3, 0.4) is 0 Å². The van der Waals surface area contributed by atoms with Crippen molar-refractivity contribution in [2.75, 3.05) is 6.61 Å². The molecule has 0 saturated heterocycles. The maximum Gasteiger partial charge on any atom is 0.261 e. The van der Waals surface area contributed by atoms with Crippen molar-refractivity contribution in [1.29, 1.82) is 0 Å². The number of fused-ring (bicyclic) bond motifs is 1. The van der Waals surface area contributed by atoms with E-state index >= 15 is 0 Å². The summed E-state index contributed by atoms with van der Waals surface area (Å²) < 4.78 is 7.34. The fraction of sp³-hybridized carbons (Fsp3) is 0.629. The largest absolute Gasteiger partial charge is 0.407 e. The van der Waals surface area contributed by atoms with Gasteiger partial charge < -0.3 is 14.6 Å². The predicted molar refractivity (Wildman–Crippen MR) is 164 cm³/mol. The van der Waals surface area contributed by atoms with Crippen LogP contribution >= 0.6 is 0 Å². The molecule has 40 heavy (non-hydrogen) atoms. The molecule has 0 heterocycles. The summed E-state index contributed by atoms with van der Waals surface area (Å²) in [4.78, 5) is 13.2. The van der Waals surface area contributed by atoms with Gasteiger partial charge >= 0.3 is 0 Å². The Labute approximate surface area is 242 Å². The van der Waals surface area contributed by atoms with Crippen LogP contribution in [0.15, 0.2) is 60.7 Å². The van der Waals surface area contributed by atoms with Gasteiger partial charge in [0.1, 0.15) is 5.78 Å². The van der Waals surface area contributed by atoms with Crippen LogP contribution < -0.4 is 10.4 Å². The molecule has 2 aromatic carbocycles. The molecule has 0 bridgehead atoms. The maximum absolute atomic E-state index is 13.2. The minimum atomic E-state index is -2.65. The third kappa shape index (κ3) is 4.95. The highest BCUT2D eigenvalue weighted by atomic mass is 28.4. The first-order valence-electron chi connectivity index (χ1n) is 15.6. The Bertz CT molecular complexity index is 1120. The molecule has 0 spiro atoms. The molecule has 3 aliphatic carbocycles. The monoisotopic (exact) mass is 562 g/mol. The number of rotatable bonds is 7. The minimum Gasteiger partial charge on any atom is -0.407 e. The highest BCUT2D eigenvalue weighted by Crippen LogP contribution is 2.61. The first-order chi connectivity index (χ1) is 18.9. The van der Waals surface area contributed by atoms with E-state index in [2.05, 4.69) is 95.3 Å². The molecule has 0 radical (unpaired) electrons. The third-order valence-corrected chi connectivity index (χ3v) is 16.5. The molecule has 5 heteroatoms. The fourth-order valence-electron chi connectivity index (χ4n) is 9.11. The average Bonchev–Trinajstić information content (AvgIpc) is 3.23. The normalized spacial score (nSPS) is 35.0. The molecule has 2 N–H and O–H groups in total. The molecule has 218 valence electrons. The van der Waals surface area contributed by atoms with E-state index in [1.807, 2.05) is 0 Å². The summed E-state index contributed by atoms with van der Waals surface area (Å²) in [6, 6.07) is 21.6. The van der Waals surface area contributed by atoms with Crippen molar-refractivity contribution in [2.45, 2.75) is 103 Å². The summed E-state index contributed by atoms with van der Waals surface area (Å²) in [7, 11) is -2.65. The minimum absolute atomic E-state index is 0.0821. The number of hydrogen-bond donors (Lipinski definition) is 2. The second-order valence-corrected chi connectivity index (χ2v) is 18.9. The number of aliphatic hydroxyl groups excluding tert-OH is 2. The topological polar surface area (TPSA) is 66.8 Å². The Kier molecular flexibility index (Phi) is 8.26. The Hall–Kier alpha value is -1.79. The van der Waals surface area contributed by atoms with Crippen LogP contribution in [-0.4, -0.2) is 43.1 Å². The second-order valence-electron chi connectivity index (χ2n) is 14.5. The first kappa shape index (κ1) is 29.7. The molecule has 5 rings (SSSR count). The van der Waals surface area contributed by atoms with Gasteiger partial charge in [-0.25, -0.2) is 0 Å². The van der Waals surface area contributed by atoms with Gasteiger partial charge in [0, 0.05) is 18.4 Å². The quantitative estimate of drug-likeness (QED) is 0.414. The number of aliphatic hydroxyl groups is 2. The van der Waals surface area contributed by atoms with Crippen molar-refractivity contribution in [1.82, 2.24) is 0 Å². The summed E-state index contributed by atoms with van der Waals surface area (Å²) in [6.45, 7) is 12.1. The van der Waals surface area contributed by atoms with Gasteiger partial charge in [0.25, 0.3) is 8.32 Å². The van der Waals surface area contributed by atoms with Crippen LogP contribution in [0.4, 0.5) is 0 Å². The van der Waals surface area contributed by atoms with Gasteiger partial charge in [-0.2, -0.15) is 0 Å². The number of benzene rings is 2. The standard InChI is InChI=1S/C35H50O4Si/c1-33(2,3)40(26-12-8-6-9-13-26,27-14-10-7-11-15-27)39-23-20-28-29-16-17-31(37)34(29,4)22-19-30(28)35(5)21-18-25(36)24-32(35)38/h6-15,25,28-30,32,36,38H,16-24H2,1-5H3/t25-,28-,29?,30?,32-,34-,35+/m0/s1. The molecule has 2 aromatic rings. The molecule has 3 aliphatic rings. The van der Waals surface area contributed by atoms with Gasteiger partial charge in [0.2, 0.25) is 0 Å². The highest BCUT2D eigenvalue weighted by molar-refractivity contribution is 6.99. The lowest BCUT2D eigenvalue weighted by Crippen LogP contribution is -2.66. The number of hydrogen-bond acceptors (Lipinski definition) is 4. The lowest BCUT2D eigenvalue weighted by Gasteiger charge is -2.55. The van der Waals surface area contributed by atoms with E-state index in [1.54, 1.807) is 0 Å². The first-order valence-corrected chi connectivity index (χ1v) is 17.5. The van der Waals surface area contributed by atoms with Crippen molar-refractivity contribution in [3.63, 3.8) is 0 Å². The van der Waals surface area contributed by atoms with Crippen LogP contribution in [0.1, 0.15) is 86.0 Å². The summed E-state index contributed by atoms with van der Waals surface area (Å²) in [5.74, 6) is 1.40. The summed E-state index contributed by atoms with van der Waals surface area (Å²) >= 11 is 0. The zero-order valence-electron chi connectivity index (χ0n) is 25.2. The lowest BCUT2D eigenvalue weighted by atomic mass is 9.50. The Morgan fingerprint density at radius 3 is 2.02 bits per heavy atom. The second kappa shape index (κ2) is 11.1. The maximum atomic E-state index is 13.2. The highest BCUT2D eigenvalue weighted by Gasteiger charge is 2.58. The van der Waals surface area contributed by atoms with Gasteiger partial charge in [-0.05, 0) is 83.5 Å². The smallest absolute Gasteiger partial charge is 0.261 e. The Balaban J connectivity index is 1.49. The number of ketones is 1. The molecule has 0 aliphatic heterocycles. The molecule has 3 fully saturated rings. The lowest BCUT2D eigenvalue weighted by molar-refractivity contribution is -0.141. The van der Waals surface area contributed by atoms with E-state index in [0.717, 1.165) is 38.5 Å². The van der Waals surface area contributed by atoms with Crippen LogP contribution in [-0.2, 0) is 9.22 Å². The summed E-state index contributed by atoms with van der Waals surface area (Å²) in [5.41, 5.74) is -0.498. The number of carbonyl (C=O) groups excluding carboxylic acids is 1. The van der Waals surface area contributed by atoms with Gasteiger partial charge in [-0.1, -0.05) is 95.3 Å². The van der Waals surface area contributed by atoms with E-state index < -0.39 is 20.5 Å². The van der Waals surface area contributed by atoms with Crippen LogP contribution in [0.5, 0.6) is 0 Å². The molecule has 7 atom stereocenters. The van der Waals surface area contributed by atoms with Crippen LogP contribution in [0, 0.1) is 28.6 Å². The molecule has 2 unspecified atom stereocenters. The SMILES string of the molecule is CC(C)(C)[Si](OCC[C@H]1C2CCC(=O)[C@@]2(C)CCC1[C@@]1(C)CC[C@H](O)C[C@@H]1O)(c1ccccc1)c1ccccc1. The average molecular weight is 563 g/mol. The van der Waals surface area contributed by atoms with Crippen LogP contribution in [0.25, 0.3) is 0 Å². The number of Topliss-reactive ketones (excluding diaryl/α,β-unsaturated/α-hetero) is 1. The van der Waals surface area contributed by atoms with E-state index in [-0.39, 0.29) is 15.9 Å². The zero-order valence-corrected chi connectivity index (χ0v) is 26.2. The van der Waals surface area contributed by atoms with Gasteiger partial charge in [0.05, 0.1) is 12.2 Å². The zero-order chi connectivity index (χ0) is 28.8. The fourth-order valence-corrected chi connectivity index (χ4v) is 13.7. The Morgan fingerprint density at radius 2 is 1.48 bits per heavy atom. The number of carbonyl (C=O) groups is 1. The molecular formula is C35H50O4Si. The van der Waals surface area contributed by atoms with Crippen molar-refractivity contribution < 1.29 is 19.4 Å². The van der Waals surface area contributed by atoms with Gasteiger partial charge in [0.15, 0.2) is 0 Å². The molecule has 4 nitrogen and oxygen atoms in total. The van der Waals surface area contributed by atoms with E-state index in [1.165, 1.54) is 10.4 Å². The van der Waals surface area contributed by atoms with Crippen molar-refractivity contribution in [2.24, 2.45) is 28.6 Å². The molecular weight excluding hydrogens is 512 g/mol. The van der Waals surface area contributed by atoms with Gasteiger partial charge in [-0.3, -0.25) is 4.79 Å². The van der Waals surface area contributed by atoms with Crippen molar-refractivity contribution in [3.8, 4) is 0 Å². The van der Waals surface area contributed by atoms with Gasteiger partial charge in [-0.15, -0.1) is 0 Å². The Morgan fingerprint density at radius 1 is 0.875 bits per heavy atom. The third-order valence-electron chi connectivity index (χ3n) is 11.5. The van der Waals surface area contributed by atoms with Crippen molar-refractivity contribution in [3.05, 3.63) is 60.7 Å². The van der Waals surface area contributed by atoms with E-state index in [0.29, 0.717) is 43.0 Å². The van der Waals surface area contributed by atoms with Crippen molar-refractivity contribution >= 4 is 24.5 Å². The van der Waals surface area contributed by atoms with Crippen LogP contribution in [0.2, 0.25) is 5.04 Å². The predicted octanol–water partition coefficient (Wildman–Crippen LogP) is 5.88.